The van der Waals surface area contributed by atoms with Gasteiger partial charge in [0.05, 0.1) is 11.7 Å². The molecule has 0 radical (unpaired) electrons. The van der Waals surface area contributed by atoms with Crippen molar-refractivity contribution in [2.24, 2.45) is 5.73 Å². The van der Waals surface area contributed by atoms with Crippen LogP contribution in [-0.4, -0.2) is 41.0 Å². The standard InChI is InChI=1S/C10H19NO2S/c1-13-8-6-9(11,7-8)10(12)2-4-14-5-3-10/h8,12H,2-7,11H2,1H3. The number of nitrogens with two attached hydrogens (primary N) is 1. The summed E-state index contributed by atoms with van der Waals surface area (Å²) in [5, 5.41) is 10.5. The first-order valence-electron chi connectivity index (χ1n) is 5.21. The van der Waals surface area contributed by atoms with Crippen LogP contribution in [0.5, 0.6) is 0 Å². The molecule has 0 atom stereocenters. The van der Waals surface area contributed by atoms with Crippen LogP contribution >= 0.6 is 11.8 Å². The summed E-state index contributed by atoms with van der Waals surface area (Å²) in [7, 11) is 1.71. The average Bonchev–Trinajstić information content (AvgIpc) is 2.14. The van der Waals surface area contributed by atoms with Crippen molar-refractivity contribution in [3.63, 3.8) is 0 Å². The van der Waals surface area contributed by atoms with E-state index in [1.165, 1.54) is 0 Å². The van der Waals surface area contributed by atoms with Gasteiger partial charge in [-0.2, -0.15) is 11.8 Å². The van der Waals surface area contributed by atoms with Crippen LogP contribution in [0, 0.1) is 0 Å². The summed E-state index contributed by atoms with van der Waals surface area (Å²) in [6, 6.07) is 0. The van der Waals surface area contributed by atoms with Gasteiger partial charge in [0, 0.05) is 12.6 Å². The minimum Gasteiger partial charge on any atom is -0.388 e. The van der Waals surface area contributed by atoms with Gasteiger partial charge in [-0.05, 0) is 37.2 Å². The maximum absolute atomic E-state index is 10.5. The van der Waals surface area contributed by atoms with Crippen LogP contribution < -0.4 is 5.73 Å². The highest BCUT2D eigenvalue weighted by Crippen LogP contribution is 2.46. The number of aliphatic hydroxyl groups is 1. The van der Waals surface area contributed by atoms with Crippen LogP contribution in [0.25, 0.3) is 0 Å². The molecule has 0 aromatic carbocycles. The molecule has 0 aromatic rings. The molecule has 14 heavy (non-hydrogen) atoms. The van der Waals surface area contributed by atoms with Gasteiger partial charge in [0.15, 0.2) is 0 Å². The van der Waals surface area contributed by atoms with Crippen molar-refractivity contribution in [1.82, 2.24) is 0 Å². The molecule has 0 aromatic heterocycles. The second-order valence-corrected chi connectivity index (χ2v) is 5.79. The van der Waals surface area contributed by atoms with Crippen molar-refractivity contribution >= 4 is 11.8 Å². The topological polar surface area (TPSA) is 55.5 Å². The van der Waals surface area contributed by atoms with Gasteiger partial charge < -0.3 is 15.6 Å². The predicted molar refractivity (Wildman–Crippen MR) is 58.5 cm³/mol. The Hall–Kier alpha value is 0.230. The van der Waals surface area contributed by atoms with Gasteiger partial charge in [-0.25, -0.2) is 0 Å². The van der Waals surface area contributed by atoms with Crippen molar-refractivity contribution in [2.45, 2.75) is 42.9 Å². The monoisotopic (exact) mass is 217 g/mol. The summed E-state index contributed by atoms with van der Waals surface area (Å²) < 4.78 is 5.22. The van der Waals surface area contributed by atoms with E-state index in [1.54, 1.807) is 7.11 Å². The molecule has 0 amide bonds. The van der Waals surface area contributed by atoms with Crippen molar-refractivity contribution in [1.29, 1.82) is 0 Å². The number of ether oxygens (including phenoxy) is 1. The first kappa shape index (κ1) is 10.7. The third-order valence-corrected chi connectivity index (χ3v) is 4.75. The molecule has 1 aliphatic heterocycles. The lowest BCUT2D eigenvalue weighted by molar-refractivity contribution is -0.130. The minimum atomic E-state index is -0.632. The summed E-state index contributed by atoms with van der Waals surface area (Å²) in [4.78, 5) is 0. The van der Waals surface area contributed by atoms with Crippen molar-refractivity contribution in [2.75, 3.05) is 18.6 Å². The zero-order valence-electron chi connectivity index (χ0n) is 8.66. The third-order valence-electron chi connectivity index (χ3n) is 3.76. The molecular formula is C10H19NO2S. The quantitative estimate of drug-likeness (QED) is 0.717. The number of hydrogen-bond acceptors (Lipinski definition) is 4. The second kappa shape index (κ2) is 3.67. The molecule has 2 rings (SSSR count). The average molecular weight is 217 g/mol. The Morgan fingerprint density at radius 1 is 1.36 bits per heavy atom. The Morgan fingerprint density at radius 3 is 2.43 bits per heavy atom. The van der Waals surface area contributed by atoms with Gasteiger partial charge in [0.25, 0.3) is 0 Å². The smallest absolute Gasteiger partial charge is 0.0844 e. The van der Waals surface area contributed by atoms with Crippen LogP contribution in [0.1, 0.15) is 25.7 Å². The Labute approximate surface area is 89.4 Å². The van der Waals surface area contributed by atoms with E-state index in [-0.39, 0.29) is 11.6 Å². The van der Waals surface area contributed by atoms with Gasteiger partial charge in [-0.3, -0.25) is 0 Å². The van der Waals surface area contributed by atoms with Gasteiger partial charge in [0.2, 0.25) is 0 Å². The molecule has 2 aliphatic rings. The molecule has 1 saturated carbocycles. The molecule has 1 aliphatic carbocycles. The van der Waals surface area contributed by atoms with E-state index in [4.69, 9.17) is 10.5 Å². The minimum absolute atomic E-state index is 0.263. The maximum Gasteiger partial charge on any atom is 0.0844 e. The summed E-state index contributed by atoms with van der Waals surface area (Å²) >= 11 is 1.91. The zero-order chi connectivity index (χ0) is 10.2. The Bertz CT molecular complexity index is 210. The predicted octanol–water partition coefficient (Wildman–Crippen LogP) is 0.751. The lowest BCUT2D eigenvalue weighted by Crippen LogP contribution is -2.70. The first-order chi connectivity index (χ1) is 6.60. The van der Waals surface area contributed by atoms with Crippen LogP contribution in [0.2, 0.25) is 0 Å². The molecule has 0 unspecified atom stereocenters. The number of thioether (sulfide) groups is 1. The molecule has 1 saturated heterocycles. The number of hydrogen-bond donors (Lipinski definition) is 2. The highest BCUT2D eigenvalue weighted by atomic mass is 32.2. The molecule has 2 fully saturated rings. The highest BCUT2D eigenvalue weighted by molar-refractivity contribution is 7.99. The summed E-state index contributed by atoms with van der Waals surface area (Å²) in [5.74, 6) is 2.07. The van der Waals surface area contributed by atoms with E-state index in [2.05, 4.69) is 0 Å². The normalized spacial score (nSPS) is 41.8. The summed E-state index contributed by atoms with van der Waals surface area (Å²) in [6.45, 7) is 0. The van der Waals surface area contributed by atoms with Crippen LogP contribution in [0.4, 0.5) is 0 Å². The van der Waals surface area contributed by atoms with Crippen LogP contribution in [0.3, 0.4) is 0 Å². The largest absolute Gasteiger partial charge is 0.388 e. The second-order valence-electron chi connectivity index (χ2n) is 4.57. The van der Waals surface area contributed by atoms with Crippen molar-refractivity contribution in [3.8, 4) is 0 Å². The molecule has 0 bridgehead atoms. The Morgan fingerprint density at radius 2 is 1.93 bits per heavy atom. The fraction of sp³-hybridized carbons (Fsp3) is 1.00. The lowest BCUT2D eigenvalue weighted by Gasteiger charge is -2.55. The molecular weight excluding hydrogens is 198 g/mol. The van der Waals surface area contributed by atoms with Gasteiger partial charge >= 0.3 is 0 Å². The Kier molecular flexibility index (Phi) is 2.81. The van der Waals surface area contributed by atoms with E-state index in [0.29, 0.717) is 0 Å². The Balaban J connectivity index is 1.99. The van der Waals surface area contributed by atoms with Gasteiger partial charge in [-0.1, -0.05) is 0 Å². The molecule has 3 N–H and O–H groups in total. The van der Waals surface area contributed by atoms with E-state index in [9.17, 15) is 5.11 Å². The molecule has 82 valence electrons. The SMILES string of the molecule is COC1CC(N)(C2(O)CCSCC2)C1. The fourth-order valence-electron chi connectivity index (χ4n) is 2.51. The molecule has 3 nitrogen and oxygen atoms in total. The third kappa shape index (κ3) is 1.58. The maximum atomic E-state index is 10.5. The highest BCUT2D eigenvalue weighted by Gasteiger charge is 2.55. The molecule has 1 heterocycles. The lowest BCUT2D eigenvalue weighted by atomic mass is 9.62. The van der Waals surface area contributed by atoms with E-state index in [1.807, 2.05) is 11.8 Å². The number of methoxy groups -OCH3 is 1. The zero-order valence-corrected chi connectivity index (χ0v) is 9.48. The van der Waals surface area contributed by atoms with E-state index in [0.717, 1.165) is 37.2 Å². The van der Waals surface area contributed by atoms with Crippen molar-refractivity contribution in [3.05, 3.63) is 0 Å². The van der Waals surface area contributed by atoms with Crippen LogP contribution in [-0.2, 0) is 4.74 Å². The van der Waals surface area contributed by atoms with E-state index < -0.39 is 5.60 Å². The first-order valence-corrected chi connectivity index (χ1v) is 6.37. The summed E-state index contributed by atoms with van der Waals surface area (Å²) in [6.07, 6.45) is 3.56. The van der Waals surface area contributed by atoms with Gasteiger partial charge in [-0.15, -0.1) is 0 Å². The molecule has 0 spiro atoms. The molecule has 4 heteroatoms. The van der Waals surface area contributed by atoms with Gasteiger partial charge in [0.1, 0.15) is 0 Å². The van der Waals surface area contributed by atoms with E-state index >= 15 is 0 Å². The van der Waals surface area contributed by atoms with Crippen LogP contribution in [0.15, 0.2) is 0 Å². The summed E-state index contributed by atoms with van der Waals surface area (Å²) in [5.41, 5.74) is 5.23. The number of rotatable bonds is 2. The van der Waals surface area contributed by atoms with Crippen molar-refractivity contribution < 1.29 is 9.84 Å². The fourth-order valence-corrected chi connectivity index (χ4v) is 3.67.